The molecule has 0 atom stereocenters. The van der Waals surface area contributed by atoms with Gasteiger partial charge < -0.3 is 19.9 Å². The Labute approximate surface area is 210 Å². The molecule has 2 aromatic carbocycles. The van der Waals surface area contributed by atoms with Crippen LogP contribution in [0.2, 0.25) is 0 Å². The number of aliphatic hydroxyl groups excluding tert-OH is 1. The Morgan fingerprint density at radius 3 is 2.75 bits per heavy atom. The zero-order valence-electron chi connectivity index (χ0n) is 19.8. The Balaban J connectivity index is 1.54. The molecule has 11 heteroatoms. The lowest BCUT2D eigenvalue weighted by molar-refractivity contribution is 0.0254. The number of hydrogen-bond donors (Lipinski definition) is 2. The minimum Gasteiger partial charge on any atom is -0.489 e. The highest BCUT2D eigenvalue weighted by Gasteiger charge is 2.19. The van der Waals surface area contributed by atoms with Crippen molar-refractivity contribution < 1.29 is 23.0 Å². The Morgan fingerprint density at radius 1 is 1.22 bits per heavy atom. The smallest absolute Gasteiger partial charge is 0.232 e. The molecule has 0 saturated carbocycles. The second-order valence-corrected chi connectivity index (χ2v) is 10.2. The summed E-state index contributed by atoms with van der Waals surface area (Å²) in [5.74, 6) is 0.842. The third kappa shape index (κ3) is 6.28. The van der Waals surface area contributed by atoms with Crippen molar-refractivity contribution in [2.75, 3.05) is 42.2 Å². The molecule has 1 aromatic heterocycles. The number of sulfonamides is 1. The van der Waals surface area contributed by atoms with Gasteiger partial charge in [-0.2, -0.15) is 5.26 Å². The molecule has 3 aromatic rings. The van der Waals surface area contributed by atoms with Crippen LogP contribution in [0.5, 0.6) is 5.75 Å². The number of anilines is 3. The summed E-state index contributed by atoms with van der Waals surface area (Å²) in [4.78, 5) is 8.82. The Hall–Kier alpha value is -3.72. The lowest BCUT2D eigenvalue weighted by Gasteiger charge is -2.23. The largest absolute Gasteiger partial charge is 0.489 e. The molecule has 0 radical (unpaired) electrons. The topological polar surface area (TPSA) is 138 Å². The average Bonchev–Trinajstić information content (AvgIpc) is 2.88. The van der Waals surface area contributed by atoms with Crippen molar-refractivity contribution in [3.8, 4) is 23.1 Å². The fourth-order valence-electron chi connectivity index (χ4n) is 3.88. The molecule has 0 aliphatic carbocycles. The highest BCUT2D eigenvalue weighted by molar-refractivity contribution is 7.92. The van der Waals surface area contributed by atoms with Gasteiger partial charge in [0.15, 0.2) is 0 Å². The first kappa shape index (κ1) is 25.4. The lowest BCUT2D eigenvalue weighted by atomic mass is 10.1. The number of aliphatic hydroxyl groups is 1. The quantitative estimate of drug-likeness (QED) is 0.446. The standard InChI is InChI=1S/C25H27N5O5S/c1-36(32,33)30(11-12-31)21-4-2-3-20(16-21)28-25-27-10-7-23(29-25)18-5-6-24(19(15-18)17-26)35-22-8-13-34-14-9-22/h2-7,10,15-16,22,31H,8-9,11-14H2,1H3,(H,27,28,29). The van der Waals surface area contributed by atoms with Gasteiger partial charge in [-0.1, -0.05) is 6.07 Å². The van der Waals surface area contributed by atoms with E-state index in [-0.39, 0.29) is 19.3 Å². The Kier molecular flexibility index (Phi) is 8.00. The molecule has 36 heavy (non-hydrogen) atoms. The van der Waals surface area contributed by atoms with Gasteiger partial charge in [0.05, 0.1) is 49.6 Å². The van der Waals surface area contributed by atoms with E-state index in [0.717, 1.165) is 29.0 Å². The summed E-state index contributed by atoms with van der Waals surface area (Å²) in [6, 6.07) is 16.1. The molecule has 4 rings (SSSR count). The van der Waals surface area contributed by atoms with E-state index in [2.05, 4.69) is 21.4 Å². The van der Waals surface area contributed by atoms with E-state index in [1.807, 2.05) is 6.07 Å². The molecule has 2 heterocycles. The number of benzene rings is 2. The SMILES string of the molecule is CS(=O)(=O)N(CCO)c1cccc(Nc2nccc(-c3ccc(OC4CCOCC4)c(C#N)c3)n2)c1. The van der Waals surface area contributed by atoms with Gasteiger partial charge in [-0.25, -0.2) is 18.4 Å². The van der Waals surface area contributed by atoms with E-state index >= 15 is 0 Å². The number of ether oxygens (including phenoxy) is 2. The molecule has 188 valence electrons. The normalized spacial score (nSPS) is 14.1. The summed E-state index contributed by atoms with van der Waals surface area (Å²) in [5, 5.41) is 22.0. The predicted octanol–water partition coefficient (Wildman–Crippen LogP) is 3.07. The van der Waals surface area contributed by atoms with Gasteiger partial charge in [0.25, 0.3) is 0 Å². The van der Waals surface area contributed by atoms with E-state index in [0.29, 0.717) is 47.5 Å². The van der Waals surface area contributed by atoms with Crippen molar-refractivity contribution in [1.82, 2.24) is 9.97 Å². The van der Waals surface area contributed by atoms with Crippen LogP contribution >= 0.6 is 0 Å². The van der Waals surface area contributed by atoms with Crippen LogP contribution in [0.1, 0.15) is 18.4 Å². The first-order valence-electron chi connectivity index (χ1n) is 11.4. The fourth-order valence-corrected chi connectivity index (χ4v) is 4.79. The van der Waals surface area contributed by atoms with Crippen LogP contribution in [0.15, 0.2) is 54.7 Å². The summed E-state index contributed by atoms with van der Waals surface area (Å²) < 4.78 is 36.8. The molecule has 2 N–H and O–H groups in total. The predicted molar refractivity (Wildman–Crippen MR) is 136 cm³/mol. The average molecular weight is 510 g/mol. The van der Waals surface area contributed by atoms with E-state index in [1.165, 1.54) is 0 Å². The zero-order chi connectivity index (χ0) is 25.5. The summed E-state index contributed by atoms with van der Waals surface area (Å²) in [6.07, 6.45) is 4.29. The second kappa shape index (κ2) is 11.3. The van der Waals surface area contributed by atoms with Crippen LogP contribution in [0.3, 0.4) is 0 Å². The number of rotatable bonds is 9. The molecular formula is C25H27N5O5S. The van der Waals surface area contributed by atoms with Gasteiger partial charge in [0, 0.05) is 30.3 Å². The van der Waals surface area contributed by atoms with Gasteiger partial charge in [0.2, 0.25) is 16.0 Å². The number of aromatic nitrogens is 2. The molecule has 0 amide bonds. The fraction of sp³-hybridized carbons (Fsp3) is 0.320. The number of nitriles is 1. The van der Waals surface area contributed by atoms with Crippen molar-refractivity contribution >= 4 is 27.3 Å². The van der Waals surface area contributed by atoms with E-state index in [1.54, 1.807) is 48.7 Å². The molecule has 0 bridgehead atoms. The van der Waals surface area contributed by atoms with Crippen LogP contribution in [0.4, 0.5) is 17.3 Å². The van der Waals surface area contributed by atoms with Crippen LogP contribution in [0, 0.1) is 11.3 Å². The van der Waals surface area contributed by atoms with E-state index in [9.17, 15) is 18.8 Å². The maximum Gasteiger partial charge on any atom is 0.232 e. The molecule has 1 fully saturated rings. The van der Waals surface area contributed by atoms with Gasteiger partial charge >= 0.3 is 0 Å². The summed E-state index contributed by atoms with van der Waals surface area (Å²) >= 11 is 0. The highest BCUT2D eigenvalue weighted by atomic mass is 32.2. The molecule has 1 aliphatic rings. The maximum atomic E-state index is 12.1. The van der Waals surface area contributed by atoms with Crippen LogP contribution in [-0.2, 0) is 14.8 Å². The number of hydrogen-bond acceptors (Lipinski definition) is 9. The molecule has 1 aliphatic heterocycles. The summed E-state index contributed by atoms with van der Waals surface area (Å²) in [6.45, 7) is 0.944. The lowest BCUT2D eigenvalue weighted by Crippen LogP contribution is -2.32. The maximum absolute atomic E-state index is 12.1. The van der Waals surface area contributed by atoms with Crippen molar-refractivity contribution in [3.63, 3.8) is 0 Å². The monoisotopic (exact) mass is 509 g/mol. The second-order valence-electron chi connectivity index (χ2n) is 8.25. The molecule has 0 unspecified atom stereocenters. The van der Waals surface area contributed by atoms with Crippen LogP contribution < -0.4 is 14.4 Å². The van der Waals surface area contributed by atoms with Crippen molar-refractivity contribution in [2.45, 2.75) is 18.9 Å². The first-order chi connectivity index (χ1) is 17.4. The Morgan fingerprint density at radius 2 is 2.03 bits per heavy atom. The third-order valence-corrected chi connectivity index (χ3v) is 6.80. The van der Waals surface area contributed by atoms with Crippen LogP contribution in [0.25, 0.3) is 11.3 Å². The van der Waals surface area contributed by atoms with E-state index in [4.69, 9.17) is 9.47 Å². The first-order valence-corrected chi connectivity index (χ1v) is 13.3. The highest BCUT2D eigenvalue weighted by Crippen LogP contribution is 2.29. The molecular weight excluding hydrogens is 482 g/mol. The van der Waals surface area contributed by atoms with E-state index < -0.39 is 10.0 Å². The minimum atomic E-state index is -3.56. The molecule has 1 saturated heterocycles. The van der Waals surface area contributed by atoms with Gasteiger partial charge in [-0.3, -0.25) is 4.31 Å². The van der Waals surface area contributed by atoms with Gasteiger partial charge in [-0.05, 0) is 42.5 Å². The minimum absolute atomic E-state index is 0.0262. The van der Waals surface area contributed by atoms with Crippen LogP contribution in [-0.4, -0.2) is 62.2 Å². The Bertz CT molecular complexity index is 1350. The summed E-state index contributed by atoms with van der Waals surface area (Å²) in [5.41, 5.74) is 2.75. The molecule has 0 spiro atoms. The van der Waals surface area contributed by atoms with Gasteiger partial charge in [-0.15, -0.1) is 0 Å². The number of nitrogens with zero attached hydrogens (tertiary/aromatic N) is 4. The number of nitrogens with one attached hydrogen (secondary N) is 1. The van der Waals surface area contributed by atoms with Crippen molar-refractivity contribution in [1.29, 1.82) is 5.26 Å². The molecule has 10 nitrogen and oxygen atoms in total. The summed E-state index contributed by atoms with van der Waals surface area (Å²) in [7, 11) is -3.56. The van der Waals surface area contributed by atoms with Crippen molar-refractivity contribution in [3.05, 3.63) is 60.3 Å². The zero-order valence-corrected chi connectivity index (χ0v) is 20.6. The third-order valence-electron chi connectivity index (χ3n) is 5.61. The van der Waals surface area contributed by atoms with Crippen molar-refractivity contribution in [2.24, 2.45) is 0 Å². The van der Waals surface area contributed by atoms with Gasteiger partial charge in [0.1, 0.15) is 17.9 Å².